The zero-order chi connectivity index (χ0) is 12.9. The monoisotopic (exact) mass is 261 g/mol. The second-order valence-corrected chi connectivity index (χ2v) is 7.36. The summed E-state index contributed by atoms with van der Waals surface area (Å²) in [7, 11) is 2.37. The van der Waals surface area contributed by atoms with Crippen molar-refractivity contribution in [3.8, 4) is 0 Å². The second kappa shape index (κ2) is 6.60. The maximum absolute atomic E-state index is 11.3. The normalized spacial score (nSPS) is 19.5. The Morgan fingerprint density at radius 3 is 2.00 bits per heavy atom. The van der Waals surface area contributed by atoms with Crippen LogP contribution in [0.1, 0.15) is 19.8 Å². The third-order valence-corrected chi connectivity index (χ3v) is 6.21. The Morgan fingerprint density at radius 2 is 1.65 bits per heavy atom. The van der Waals surface area contributed by atoms with Crippen molar-refractivity contribution in [3.63, 3.8) is 0 Å². The fraction of sp³-hybridized carbons (Fsp3) is 0.909. The predicted molar refractivity (Wildman–Crippen MR) is 66.6 cm³/mol. The minimum absolute atomic E-state index is 0.231. The molecule has 6 heteroatoms. The molecule has 0 radical (unpaired) electrons. The SMILES string of the molecule is CO[Si](CN1CCC(C(C)=O)CC1)(OC)OC. The van der Waals surface area contributed by atoms with Gasteiger partial charge in [-0.1, -0.05) is 0 Å². The van der Waals surface area contributed by atoms with E-state index in [1.54, 1.807) is 28.3 Å². The van der Waals surface area contributed by atoms with Crippen molar-refractivity contribution in [3.05, 3.63) is 0 Å². The number of rotatable bonds is 6. The summed E-state index contributed by atoms with van der Waals surface area (Å²) in [5.74, 6) is 0.535. The summed E-state index contributed by atoms with van der Waals surface area (Å²) in [6.07, 6.45) is 2.55. The Bertz CT molecular complexity index is 242. The van der Waals surface area contributed by atoms with Gasteiger partial charge in [0.15, 0.2) is 0 Å². The zero-order valence-corrected chi connectivity index (χ0v) is 12.2. The third-order valence-electron chi connectivity index (χ3n) is 3.51. The summed E-state index contributed by atoms with van der Waals surface area (Å²) in [5.41, 5.74) is 0. The molecule has 1 fully saturated rings. The fourth-order valence-corrected chi connectivity index (χ4v) is 3.97. The zero-order valence-electron chi connectivity index (χ0n) is 11.2. The Hall–Kier alpha value is -0.273. The molecule has 1 saturated heterocycles. The van der Waals surface area contributed by atoms with Crippen molar-refractivity contribution in [2.24, 2.45) is 5.92 Å². The fourth-order valence-electron chi connectivity index (χ4n) is 2.22. The van der Waals surface area contributed by atoms with Crippen LogP contribution in [0.2, 0.25) is 0 Å². The molecule has 0 aromatic carbocycles. The summed E-state index contributed by atoms with van der Waals surface area (Å²) in [5, 5.41) is 0. The van der Waals surface area contributed by atoms with Gasteiger partial charge in [0.2, 0.25) is 0 Å². The van der Waals surface area contributed by atoms with Crippen LogP contribution < -0.4 is 0 Å². The molecule has 1 heterocycles. The largest absolute Gasteiger partial charge is 0.514 e. The molecule has 5 nitrogen and oxygen atoms in total. The van der Waals surface area contributed by atoms with E-state index in [1.165, 1.54) is 0 Å². The van der Waals surface area contributed by atoms with Crippen LogP contribution in [-0.2, 0) is 18.1 Å². The van der Waals surface area contributed by atoms with Crippen molar-refractivity contribution in [2.45, 2.75) is 19.8 Å². The molecule has 0 amide bonds. The molecule has 17 heavy (non-hydrogen) atoms. The number of likely N-dealkylation sites (tertiary alicyclic amines) is 1. The van der Waals surface area contributed by atoms with Gasteiger partial charge in [0, 0.05) is 27.2 Å². The van der Waals surface area contributed by atoms with Crippen LogP contribution in [0.5, 0.6) is 0 Å². The molecule has 1 rings (SSSR count). The number of hydrogen-bond acceptors (Lipinski definition) is 5. The summed E-state index contributed by atoms with van der Waals surface area (Å²) in [6, 6.07) is 0. The van der Waals surface area contributed by atoms with E-state index in [9.17, 15) is 4.79 Å². The van der Waals surface area contributed by atoms with E-state index in [0.29, 0.717) is 12.0 Å². The quantitative estimate of drug-likeness (QED) is 0.659. The van der Waals surface area contributed by atoms with Crippen molar-refractivity contribution < 1.29 is 18.1 Å². The molecule has 0 spiro atoms. The first-order valence-corrected chi connectivity index (χ1v) is 7.88. The van der Waals surface area contributed by atoms with Crippen LogP contribution in [0.25, 0.3) is 0 Å². The van der Waals surface area contributed by atoms with Gasteiger partial charge in [-0.25, -0.2) is 0 Å². The number of nitrogens with zero attached hydrogens (tertiary/aromatic N) is 1. The van der Waals surface area contributed by atoms with Gasteiger partial charge in [0.05, 0.1) is 6.17 Å². The van der Waals surface area contributed by atoms with Gasteiger partial charge in [-0.15, -0.1) is 0 Å². The Morgan fingerprint density at radius 1 is 1.18 bits per heavy atom. The molecule has 0 N–H and O–H groups in total. The molecule has 0 aromatic heterocycles. The molecule has 0 saturated carbocycles. The number of ketones is 1. The smallest absolute Gasteiger partial charge is 0.376 e. The number of carbonyl (C=O) groups excluding carboxylic acids is 1. The number of piperidine rings is 1. The molecular formula is C11H23NO4Si. The van der Waals surface area contributed by atoms with Crippen molar-refractivity contribution in [2.75, 3.05) is 40.6 Å². The second-order valence-electron chi connectivity index (χ2n) is 4.46. The summed E-state index contributed by atoms with van der Waals surface area (Å²) in [4.78, 5) is 13.5. The van der Waals surface area contributed by atoms with Crippen LogP contribution in [0.3, 0.4) is 0 Å². The lowest BCUT2D eigenvalue weighted by Gasteiger charge is -2.35. The molecule has 0 bridgehead atoms. The minimum atomic E-state index is -2.51. The average Bonchev–Trinajstić information content (AvgIpc) is 2.37. The van der Waals surface area contributed by atoms with Crippen molar-refractivity contribution in [1.82, 2.24) is 4.90 Å². The molecule has 100 valence electrons. The van der Waals surface area contributed by atoms with Crippen LogP contribution in [-0.4, -0.2) is 60.1 Å². The molecule has 0 aliphatic carbocycles. The van der Waals surface area contributed by atoms with Crippen LogP contribution in [0.4, 0.5) is 0 Å². The van der Waals surface area contributed by atoms with Gasteiger partial charge in [0.25, 0.3) is 0 Å². The minimum Gasteiger partial charge on any atom is -0.376 e. The van der Waals surface area contributed by atoms with E-state index < -0.39 is 8.80 Å². The first-order chi connectivity index (χ1) is 8.06. The molecule has 0 aromatic rings. The third kappa shape index (κ3) is 3.85. The highest BCUT2D eigenvalue weighted by molar-refractivity contribution is 6.60. The maximum atomic E-state index is 11.3. The first-order valence-electron chi connectivity index (χ1n) is 5.95. The predicted octanol–water partition coefficient (Wildman–Crippen LogP) is 0.705. The summed E-state index contributed by atoms with van der Waals surface area (Å²) < 4.78 is 16.2. The van der Waals surface area contributed by atoms with Gasteiger partial charge in [-0.3, -0.25) is 9.69 Å². The van der Waals surface area contributed by atoms with Gasteiger partial charge in [-0.2, -0.15) is 0 Å². The lowest BCUT2D eigenvalue weighted by atomic mass is 9.94. The first kappa shape index (κ1) is 14.8. The Labute approximate surface area is 104 Å². The highest BCUT2D eigenvalue weighted by Gasteiger charge is 2.40. The van der Waals surface area contributed by atoms with Crippen LogP contribution in [0, 0.1) is 5.92 Å². The molecular weight excluding hydrogens is 238 g/mol. The number of Topliss-reactive ketones (excluding diaryl/α,β-unsaturated/α-hetero) is 1. The molecule has 1 aliphatic rings. The standard InChI is InChI=1S/C11H23NO4Si/c1-10(13)11-5-7-12(8-6-11)9-17(14-2,15-3)16-4/h11H,5-9H2,1-4H3. The van der Waals surface area contributed by atoms with E-state index in [-0.39, 0.29) is 5.92 Å². The van der Waals surface area contributed by atoms with E-state index in [2.05, 4.69) is 4.90 Å². The van der Waals surface area contributed by atoms with E-state index in [1.807, 2.05) is 0 Å². The lowest BCUT2D eigenvalue weighted by molar-refractivity contribution is -0.122. The van der Waals surface area contributed by atoms with Gasteiger partial charge in [0.1, 0.15) is 5.78 Å². The summed E-state index contributed by atoms with van der Waals surface area (Å²) >= 11 is 0. The average molecular weight is 261 g/mol. The van der Waals surface area contributed by atoms with Gasteiger partial charge in [-0.05, 0) is 32.9 Å². The van der Waals surface area contributed by atoms with Crippen molar-refractivity contribution >= 4 is 14.6 Å². The number of hydrogen-bond donors (Lipinski definition) is 0. The maximum Gasteiger partial charge on any atom is 0.514 e. The lowest BCUT2D eigenvalue weighted by Crippen LogP contribution is -2.55. The van der Waals surface area contributed by atoms with Crippen LogP contribution in [0.15, 0.2) is 0 Å². The highest BCUT2D eigenvalue weighted by atomic mass is 28.4. The topological polar surface area (TPSA) is 48.0 Å². The Balaban J connectivity index is 2.46. The van der Waals surface area contributed by atoms with E-state index in [0.717, 1.165) is 25.9 Å². The number of carbonyl (C=O) groups is 1. The van der Waals surface area contributed by atoms with E-state index >= 15 is 0 Å². The highest BCUT2D eigenvalue weighted by Crippen LogP contribution is 2.20. The van der Waals surface area contributed by atoms with Crippen LogP contribution >= 0.6 is 0 Å². The van der Waals surface area contributed by atoms with Gasteiger partial charge < -0.3 is 13.3 Å². The Kier molecular flexibility index (Phi) is 5.74. The van der Waals surface area contributed by atoms with E-state index in [4.69, 9.17) is 13.3 Å². The molecule has 0 unspecified atom stereocenters. The molecule has 0 atom stereocenters. The summed E-state index contributed by atoms with van der Waals surface area (Å²) in [6.45, 7) is 3.50. The van der Waals surface area contributed by atoms with Crippen molar-refractivity contribution in [1.29, 1.82) is 0 Å². The van der Waals surface area contributed by atoms with Gasteiger partial charge >= 0.3 is 8.80 Å². The molecule has 1 aliphatic heterocycles.